The van der Waals surface area contributed by atoms with Crippen molar-refractivity contribution in [3.63, 3.8) is 0 Å². The zero-order valence-corrected chi connectivity index (χ0v) is 8.68. The smallest absolute Gasteiger partial charge is 0.338 e. The van der Waals surface area contributed by atoms with E-state index in [1.54, 1.807) is 0 Å². The molecule has 0 atom stereocenters. The SMILES string of the molecule is C.C.C=CC(=O)OCOc1ccc(C(=O)O)c(F)c1. The van der Waals surface area contributed by atoms with Crippen LogP contribution >= 0.6 is 0 Å². The molecule has 0 spiro atoms. The molecule has 0 bridgehead atoms. The van der Waals surface area contributed by atoms with Gasteiger partial charge in [-0.25, -0.2) is 14.0 Å². The van der Waals surface area contributed by atoms with Crippen LogP contribution in [0, 0.1) is 5.82 Å². The quantitative estimate of drug-likeness (QED) is 0.507. The number of ether oxygens (including phenoxy) is 2. The molecule has 0 aromatic heterocycles. The molecule has 19 heavy (non-hydrogen) atoms. The fraction of sp³-hybridized carbons (Fsp3) is 0.231. The number of hydrogen-bond donors (Lipinski definition) is 1. The first-order valence-corrected chi connectivity index (χ1v) is 4.49. The highest BCUT2D eigenvalue weighted by molar-refractivity contribution is 5.88. The summed E-state index contributed by atoms with van der Waals surface area (Å²) in [5.74, 6) is -2.91. The van der Waals surface area contributed by atoms with Gasteiger partial charge in [-0.05, 0) is 12.1 Å². The van der Waals surface area contributed by atoms with E-state index in [0.717, 1.165) is 18.2 Å². The molecule has 0 aliphatic heterocycles. The molecule has 0 aliphatic rings. The monoisotopic (exact) mass is 272 g/mol. The van der Waals surface area contributed by atoms with E-state index in [-0.39, 0.29) is 20.6 Å². The standard InChI is InChI=1S/C11H9FO5.2CH4/c1-2-10(13)17-6-16-7-3-4-8(11(14)15)9(12)5-7;;/h2-5H,1,6H2,(H,14,15);2*1H4. The van der Waals surface area contributed by atoms with E-state index in [0.29, 0.717) is 0 Å². The van der Waals surface area contributed by atoms with Crippen molar-refractivity contribution in [2.75, 3.05) is 6.79 Å². The molecule has 0 radical (unpaired) electrons. The molecule has 0 amide bonds. The summed E-state index contributed by atoms with van der Waals surface area (Å²) in [4.78, 5) is 21.2. The van der Waals surface area contributed by atoms with Gasteiger partial charge >= 0.3 is 11.9 Å². The van der Waals surface area contributed by atoms with Crippen molar-refractivity contribution < 1.29 is 28.6 Å². The van der Waals surface area contributed by atoms with Crippen molar-refractivity contribution in [1.29, 1.82) is 0 Å². The Morgan fingerprint density at radius 1 is 1.37 bits per heavy atom. The van der Waals surface area contributed by atoms with Crippen molar-refractivity contribution in [1.82, 2.24) is 0 Å². The lowest BCUT2D eigenvalue weighted by Crippen LogP contribution is -2.08. The minimum absolute atomic E-state index is 0. The predicted molar refractivity (Wildman–Crippen MR) is 68.6 cm³/mol. The summed E-state index contributed by atoms with van der Waals surface area (Å²) in [5.41, 5.74) is -0.458. The van der Waals surface area contributed by atoms with Gasteiger partial charge in [-0.15, -0.1) is 0 Å². The summed E-state index contributed by atoms with van der Waals surface area (Å²) >= 11 is 0. The summed E-state index contributed by atoms with van der Waals surface area (Å²) in [7, 11) is 0. The van der Waals surface area contributed by atoms with E-state index < -0.39 is 30.1 Å². The Balaban J connectivity index is 0. The maximum absolute atomic E-state index is 13.2. The number of carboxylic acids is 1. The number of esters is 1. The first-order chi connectivity index (χ1) is 8.04. The molecule has 1 rings (SSSR count). The van der Waals surface area contributed by atoms with Gasteiger partial charge < -0.3 is 14.6 Å². The summed E-state index contributed by atoms with van der Waals surface area (Å²) in [6.45, 7) is 2.77. The van der Waals surface area contributed by atoms with Gasteiger partial charge in [0.2, 0.25) is 6.79 Å². The molecule has 1 aromatic rings. The van der Waals surface area contributed by atoms with Gasteiger partial charge in [0, 0.05) is 12.1 Å². The Morgan fingerprint density at radius 3 is 2.47 bits per heavy atom. The van der Waals surface area contributed by atoms with Gasteiger partial charge in [0.25, 0.3) is 0 Å². The zero-order valence-electron chi connectivity index (χ0n) is 8.68. The lowest BCUT2D eigenvalue weighted by Gasteiger charge is -2.06. The molecule has 106 valence electrons. The molecule has 0 fully saturated rings. The minimum atomic E-state index is -1.37. The number of rotatable bonds is 5. The van der Waals surface area contributed by atoms with E-state index in [1.165, 1.54) is 6.07 Å². The van der Waals surface area contributed by atoms with Crippen molar-refractivity contribution in [3.05, 3.63) is 42.2 Å². The molecule has 1 aromatic carbocycles. The van der Waals surface area contributed by atoms with Crippen LogP contribution < -0.4 is 4.74 Å². The largest absolute Gasteiger partial charge is 0.478 e. The fourth-order valence-electron chi connectivity index (χ4n) is 0.974. The maximum atomic E-state index is 13.2. The number of carbonyl (C=O) groups excluding carboxylic acids is 1. The molecular formula is C13H17FO5. The molecule has 6 heteroatoms. The lowest BCUT2D eigenvalue weighted by atomic mass is 10.2. The molecule has 0 aliphatic carbocycles. The van der Waals surface area contributed by atoms with Crippen LogP contribution in [0.4, 0.5) is 4.39 Å². The summed E-state index contributed by atoms with van der Waals surface area (Å²) < 4.78 is 22.5. The van der Waals surface area contributed by atoms with Gasteiger partial charge in [-0.3, -0.25) is 0 Å². The van der Waals surface area contributed by atoms with Crippen LogP contribution in [0.5, 0.6) is 5.75 Å². The first kappa shape index (κ1) is 19.0. The van der Waals surface area contributed by atoms with Crippen molar-refractivity contribution in [2.24, 2.45) is 0 Å². The number of aromatic carboxylic acids is 1. The molecular weight excluding hydrogens is 255 g/mol. The second-order valence-corrected chi connectivity index (χ2v) is 2.88. The summed E-state index contributed by atoms with van der Waals surface area (Å²) in [6.07, 6.45) is 0.956. The van der Waals surface area contributed by atoms with E-state index >= 15 is 0 Å². The number of hydrogen-bond acceptors (Lipinski definition) is 4. The second-order valence-electron chi connectivity index (χ2n) is 2.88. The Labute approximate surface area is 111 Å². The normalized spacial score (nSPS) is 8.47. The first-order valence-electron chi connectivity index (χ1n) is 4.49. The van der Waals surface area contributed by atoms with Crippen LogP contribution in [-0.4, -0.2) is 23.8 Å². The Morgan fingerprint density at radius 2 is 2.00 bits per heavy atom. The van der Waals surface area contributed by atoms with E-state index in [4.69, 9.17) is 9.84 Å². The van der Waals surface area contributed by atoms with E-state index in [1.807, 2.05) is 0 Å². The van der Waals surface area contributed by atoms with Crippen LogP contribution in [-0.2, 0) is 9.53 Å². The third-order valence-electron chi connectivity index (χ3n) is 1.76. The number of carboxylic acid groups (broad SMARTS) is 1. The third-order valence-corrected chi connectivity index (χ3v) is 1.76. The van der Waals surface area contributed by atoms with E-state index in [2.05, 4.69) is 11.3 Å². The summed E-state index contributed by atoms with van der Waals surface area (Å²) in [5, 5.41) is 8.58. The average molecular weight is 272 g/mol. The van der Waals surface area contributed by atoms with Gasteiger partial charge in [0.05, 0.1) is 5.56 Å². The Kier molecular flexibility index (Phi) is 8.67. The highest BCUT2D eigenvalue weighted by Gasteiger charge is 2.10. The second kappa shape index (κ2) is 8.68. The number of benzene rings is 1. The fourth-order valence-corrected chi connectivity index (χ4v) is 0.974. The topological polar surface area (TPSA) is 72.8 Å². The van der Waals surface area contributed by atoms with Crippen molar-refractivity contribution >= 4 is 11.9 Å². The van der Waals surface area contributed by atoms with Gasteiger partial charge in [0.1, 0.15) is 11.6 Å². The predicted octanol–water partition coefficient (Wildman–Crippen LogP) is 2.86. The van der Waals surface area contributed by atoms with E-state index in [9.17, 15) is 14.0 Å². The van der Waals surface area contributed by atoms with Crippen LogP contribution in [0.1, 0.15) is 25.2 Å². The van der Waals surface area contributed by atoms with Gasteiger partial charge in [-0.2, -0.15) is 0 Å². The third kappa shape index (κ3) is 5.67. The maximum Gasteiger partial charge on any atom is 0.338 e. The molecule has 1 N–H and O–H groups in total. The highest BCUT2D eigenvalue weighted by Crippen LogP contribution is 2.16. The van der Waals surface area contributed by atoms with Crippen LogP contribution in [0.3, 0.4) is 0 Å². The van der Waals surface area contributed by atoms with Crippen molar-refractivity contribution in [3.8, 4) is 5.75 Å². The van der Waals surface area contributed by atoms with Gasteiger partial charge in [0.15, 0.2) is 0 Å². The lowest BCUT2D eigenvalue weighted by molar-refractivity contribution is -0.144. The Bertz CT molecular complexity index is 456. The van der Waals surface area contributed by atoms with Gasteiger partial charge in [-0.1, -0.05) is 21.4 Å². The van der Waals surface area contributed by atoms with Crippen molar-refractivity contribution in [2.45, 2.75) is 14.9 Å². The molecule has 0 saturated heterocycles. The molecule has 0 saturated carbocycles. The number of halogens is 1. The minimum Gasteiger partial charge on any atom is -0.478 e. The summed E-state index contributed by atoms with van der Waals surface area (Å²) in [6, 6.07) is 3.21. The number of carbonyl (C=O) groups is 2. The van der Waals surface area contributed by atoms with Crippen LogP contribution in [0.25, 0.3) is 0 Å². The molecule has 0 heterocycles. The highest BCUT2D eigenvalue weighted by atomic mass is 19.1. The zero-order chi connectivity index (χ0) is 12.8. The molecule has 5 nitrogen and oxygen atoms in total. The van der Waals surface area contributed by atoms with Crippen LogP contribution in [0.2, 0.25) is 0 Å². The Hall–Kier alpha value is -2.37. The van der Waals surface area contributed by atoms with Crippen LogP contribution in [0.15, 0.2) is 30.9 Å². The molecule has 0 unspecified atom stereocenters. The average Bonchev–Trinajstić information content (AvgIpc) is 2.28.